The van der Waals surface area contributed by atoms with Gasteiger partial charge in [0.1, 0.15) is 4.90 Å². The second kappa shape index (κ2) is 3.45. The van der Waals surface area contributed by atoms with Crippen molar-refractivity contribution in [1.82, 2.24) is 15.4 Å². The molecular weight excluding hydrogens is 152 g/mol. The van der Waals surface area contributed by atoms with Gasteiger partial charge in [0.15, 0.2) is 0 Å². The number of rotatable bonds is 2. The van der Waals surface area contributed by atoms with Gasteiger partial charge in [-0.1, -0.05) is 5.10 Å². The molecule has 0 saturated carbocycles. The lowest BCUT2D eigenvalue weighted by molar-refractivity contribution is -0.504. The van der Waals surface area contributed by atoms with E-state index in [0.29, 0.717) is 11.3 Å². The second-order valence-electron chi connectivity index (χ2n) is 1.51. The zero-order valence-corrected chi connectivity index (χ0v) is 6.13. The zero-order valence-electron chi connectivity index (χ0n) is 5.31. The number of hydrogen-bond donors (Lipinski definition) is 1. The van der Waals surface area contributed by atoms with Crippen molar-refractivity contribution in [3.8, 4) is 0 Å². The Morgan fingerprint density at radius 3 is 3.00 bits per heavy atom. The average Bonchev–Trinajstić information content (AvgIpc) is 2.04. The molecule has 0 amide bonds. The van der Waals surface area contributed by atoms with E-state index in [1.807, 2.05) is 6.26 Å². The number of aromatic nitrogens is 3. The zero-order chi connectivity index (χ0) is 7.40. The predicted molar refractivity (Wildman–Crippen MR) is 36.6 cm³/mol. The van der Waals surface area contributed by atoms with Crippen molar-refractivity contribution >= 4 is 17.6 Å². The molecule has 0 unspecified atom stereocenters. The van der Waals surface area contributed by atoms with Gasteiger partial charge in [0.05, 0.1) is 6.20 Å². The molecule has 1 heterocycles. The van der Waals surface area contributed by atoms with Gasteiger partial charge in [0, 0.05) is 0 Å². The fraction of sp³-hybridized carbons (Fsp3) is 0.250. The number of hydrogen-bond acceptors (Lipinski definition) is 5. The summed E-state index contributed by atoms with van der Waals surface area (Å²) < 4.78 is 0. The predicted octanol–water partition coefficient (Wildman–Crippen LogP) is -0.714. The third-order valence-electron chi connectivity index (χ3n) is 0.963. The highest BCUT2D eigenvalue weighted by atomic mass is 32.2. The number of thioether (sulfide) groups is 1. The topological polar surface area (TPSA) is 78.3 Å². The standard InChI is InChI=1S/C4H6N4OS/c1-10-3-2-5-8-6-4(3)7-9/h2H,7H2,1H3. The van der Waals surface area contributed by atoms with Crippen LogP contribution in [0.5, 0.6) is 0 Å². The van der Waals surface area contributed by atoms with Gasteiger partial charge in [0.25, 0.3) is 5.82 Å². The first kappa shape index (κ1) is 7.39. The monoisotopic (exact) mass is 158 g/mol. The van der Waals surface area contributed by atoms with E-state index < -0.39 is 0 Å². The molecule has 1 aromatic rings. The van der Waals surface area contributed by atoms with Gasteiger partial charge >= 0.3 is 0 Å². The maximum atomic E-state index is 10.2. The Kier molecular flexibility index (Phi) is 2.55. The van der Waals surface area contributed by atoms with E-state index in [9.17, 15) is 5.21 Å². The molecule has 0 saturated heterocycles. The van der Waals surface area contributed by atoms with E-state index in [1.54, 1.807) is 0 Å². The molecule has 0 radical (unpaired) electrons. The maximum Gasteiger partial charge on any atom is 0.260 e. The SMILES string of the molecule is CSc1cnnnc1[NH2+][O-]. The first-order valence-corrected chi connectivity index (χ1v) is 3.78. The Balaban J connectivity index is 2.96. The van der Waals surface area contributed by atoms with E-state index in [0.717, 1.165) is 4.90 Å². The first-order chi connectivity index (χ1) is 4.88. The molecular formula is C4H6N4OS. The summed E-state index contributed by atoms with van der Waals surface area (Å²) >= 11 is 1.42. The van der Waals surface area contributed by atoms with Crippen molar-refractivity contribution in [1.29, 1.82) is 0 Å². The molecule has 1 rings (SSSR count). The highest BCUT2D eigenvalue weighted by molar-refractivity contribution is 7.98. The van der Waals surface area contributed by atoms with Crippen molar-refractivity contribution in [2.75, 3.05) is 6.26 Å². The van der Waals surface area contributed by atoms with E-state index >= 15 is 0 Å². The van der Waals surface area contributed by atoms with Crippen LogP contribution in [0.15, 0.2) is 11.1 Å². The van der Waals surface area contributed by atoms with Crippen LogP contribution < -0.4 is 5.48 Å². The van der Waals surface area contributed by atoms with Gasteiger partial charge in [-0.05, 0) is 11.5 Å². The Bertz CT molecular complexity index is 195. The van der Waals surface area contributed by atoms with E-state index in [4.69, 9.17) is 0 Å². The summed E-state index contributed by atoms with van der Waals surface area (Å²) in [6, 6.07) is 0. The summed E-state index contributed by atoms with van der Waals surface area (Å²) in [6.07, 6.45) is 3.37. The van der Waals surface area contributed by atoms with Gasteiger partial charge in [-0.2, -0.15) is 0 Å². The lowest BCUT2D eigenvalue weighted by atomic mass is 10.6. The summed E-state index contributed by atoms with van der Waals surface area (Å²) in [4.78, 5) is 0.755. The summed E-state index contributed by atoms with van der Waals surface area (Å²) in [6.45, 7) is 0. The van der Waals surface area contributed by atoms with E-state index in [2.05, 4.69) is 15.4 Å². The van der Waals surface area contributed by atoms with Crippen molar-refractivity contribution in [3.05, 3.63) is 11.4 Å². The molecule has 0 aromatic carbocycles. The minimum Gasteiger partial charge on any atom is -0.629 e. The van der Waals surface area contributed by atoms with Crippen LogP contribution in [0.2, 0.25) is 0 Å². The van der Waals surface area contributed by atoms with Crippen LogP contribution >= 0.6 is 11.8 Å². The van der Waals surface area contributed by atoms with Crippen molar-refractivity contribution in [2.45, 2.75) is 4.90 Å². The summed E-state index contributed by atoms with van der Waals surface area (Å²) in [7, 11) is 0. The molecule has 0 atom stereocenters. The molecule has 54 valence electrons. The van der Waals surface area contributed by atoms with Crippen LogP contribution in [0.3, 0.4) is 0 Å². The van der Waals surface area contributed by atoms with Gasteiger partial charge in [0.2, 0.25) is 0 Å². The molecule has 0 aliphatic heterocycles. The smallest absolute Gasteiger partial charge is 0.260 e. The minimum absolute atomic E-state index is 0.350. The number of quaternary nitrogens is 1. The highest BCUT2D eigenvalue weighted by Crippen LogP contribution is 2.15. The van der Waals surface area contributed by atoms with Gasteiger partial charge in [-0.15, -0.1) is 16.9 Å². The molecule has 0 spiro atoms. The van der Waals surface area contributed by atoms with Crippen molar-refractivity contribution in [2.24, 2.45) is 0 Å². The van der Waals surface area contributed by atoms with E-state index in [-0.39, 0.29) is 0 Å². The van der Waals surface area contributed by atoms with Crippen molar-refractivity contribution in [3.63, 3.8) is 0 Å². The summed E-state index contributed by atoms with van der Waals surface area (Å²) in [5, 5.41) is 20.6. The summed E-state index contributed by atoms with van der Waals surface area (Å²) in [5.41, 5.74) is 0.667. The Morgan fingerprint density at radius 2 is 2.50 bits per heavy atom. The number of nitrogens with zero attached hydrogens (tertiary/aromatic N) is 3. The molecule has 10 heavy (non-hydrogen) atoms. The van der Waals surface area contributed by atoms with Crippen LogP contribution in [-0.2, 0) is 0 Å². The van der Waals surface area contributed by atoms with Crippen LogP contribution in [0.25, 0.3) is 0 Å². The van der Waals surface area contributed by atoms with Crippen LogP contribution in [0.1, 0.15) is 0 Å². The Morgan fingerprint density at radius 1 is 1.70 bits per heavy atom. The van der Waals surface area contributed by atoms with Crippen LogP contribution in [0.4, 0.5) is 5.82 Å². The van der Waals surface area contributed by atoms with Gasteiger partial charge in [-0.3, -0.25) is 0 Å². The Hall–Kier alpha value is -0.720. The first-order valence-electron chi connectivity index (χ1n) is 2.56. The highest BCUT2D eigenvalue weighted by Gasteiger charge is 2.02. The van der Waals surface area contributed by atoms with Crippen LogP contribution in [-0.4, -0.2) is 21.7 Å². The second-order valence-corrected chi connectivity index (χ2v) is 2.35. The quantitative estimate of drug-likeness (QED) is 0.454. The normalized spacial score (nSPS) is 9.80. The minimum atomic E-state index is 0.350. The third kappa shape index (κ3) is 1.41. The fourth-order valence-electron chi connectivity index (χ4n) is 0.507. The molecule has 0 aliphatic rings. The average molecular weight is 158 g/mol. The Labute approximate surface area is 61.8 Å². The summed E-state index contributed by atoms with van der Waals surface area (Å²) in [5.74, 6) is 0.350. The molecule has 2 N–H and O–H groups in total. The fourth-order valence-corrected chi connectivity index (χ4v) is 0.957. The third-order valence-corrected chi connectivity index (χ3v) is 1.72. The molecule has 6 heteroatoms. The maximum absolute atomic E-state index is 10.2. The molecule has 0 aliphatic carbocycles. The largest absolute Gasteiger partial charge is 0.629 e. The van der Waals surface area contributed by atoms with E-state index in [1.165, 1.54) is 18.0 Å². The van der Waals surface area contributed by atoms with Gasteiger partial charge < -0.3 is 10.7 Å². The molecule has 0 bridgehead atoms. The molecule has 1 aromatic heterocycles. The lowest BCUT2D eigenvalue weighted by Gasteiger charge is -2.00. The molecule has 5 nitrogen and oxygen atoms in total. The van der Waals surface area contributed by atoms with Gasteiger partial charge in [-0.25, -0.2) is 0 Å². The number of nitrogens with two attached hydrogens (primary N) is 1. The lowest BCUT2D eigenvalue weighted by Crippen LogP contribution is -2.71. The van der Waals surface area contributed by atoms with Crippen LogP contribution in [0, 0.1) is 5.21 Å². The molecule has 0 fully saturated rings. The van der Waals surface area contributed by atoms with Crippen molar-refractivity contribution < 1.29 is 5.48 Å².